The molecule has 0 aliphatic heterocycles. The quantitative estimate of drug-likeness (QED) is 0.438. The second kappa shape index (κ2) is 7.19. The average Bonchev–Trinajstić information content (AvgIpc) is 2.47. The third-order valence-electron chi connectivity index (χ3n) is 2.84. The molecule has 0 aliphatic rings. The molecule has 0 heterocycles. The first-order chi connectivity index (χ1) is 10.1. The zero-order valence-electron chi connectivity index (χ0n) is 11.4. The minimum absolute atomic E-state index is 0.0763. The van der Waals surface area contributed by atoms with Crippen LogP contribution in [0, 0.1) is 10.1 Å². The van der Waals surface area contributed by atoms with Gasteiger partial charge in [0, 0.05) is 24.1 Å². The van der Waals surface area contributed by atoms with Gasteiger partial charge in [0.25, 0.3) is 5.69 Å². The number of rotatable bonds is 6. The first-order valence-electron chi connectivity index (χ1n) is 6.23. The van der Waals surface area contributed by atoms with E-state index in [0.29, 0.717) is 29.0 Å². The number of ether oxygens (including phenoxy) is 2. The highest BCUT2D eigenvalue weighted by Crippen LogP contribution is 2.29. The lowest BCUT2D eigenvalue weighted by Crippen LogP contribution is -1.95. The molecule has 0 spiro atoms. The first kappa shape index (κ1) is 15.5. The summed E-state index contributed by atoms with van der Waals surface area (Å²) in [4.78, 5) is 10.5. The lowest BCUT2D eigenvalue weighted by molar-refractivity contribution is -0.385. The summed E-state index contributed by atoms with van der Waals surface area (Å²) in [5.74, 6) is 1.23. The molecule has 21 heavy (non-hydrogen) atoms. The third-order valence-corrected chi connectivity index (χ3v) is 3.44. The summed E-state index contributed by atoms with van der Waals surface area (Å²) in [6.45, 7) is 0.504. The van der Waals surface area contributed by atoms with E-state index in [1.54, 1.807) is 19.2 Å². The Bertz CT molecular complexity index is 645. The van der Waals surface area contributed by atoms with Crippen LogP contribution in [0.15, 0.2) is 42.5 Å². The fraction of sp³-hybridized carbons (Fsp3) is 0.200. The van der Waals surface area contributed by atoms with E-state index in [1.165, 1.54) is 6.07 Å². The summed E-state index contributed by atoms with van der Waals surface area (Å²) in [5, 5.41) is 11.3. The van der Waals surface area contributed by atoms with E-state index >= 15 is 0 Å². The minimum atomic E-state index is -0.403. The van der Waals surface area contributed by atoms with Gasteiger partial charge in [0.2, 0.25) is 0 Å². The number of hydrogen-bond donors (Lipinski definition) is 0. The normalized spacial score (nSPS) is 10.4. The zero-order valence-corrected chi connectivity index (χ0v) is 13.0. The number of nitro benzene ring substituents is 1. The topological polar surface area (TPSA) is 61.6 Å². The minimum Gasteiger partial charge on any atom is -0.457 e. The van der Waals surface area contributed by atoms with Gasteiger partial charge in [-0.3, -0.25) is 10.1 Å². The van der Waals surface area contributed by atoms with Crippen molar-refractivity contribution in [3.05, 3.63) is 63.7 Å². The van der Waals surface area contributed by atoms with Gasteiger partial charge in [-0.15, -0.1) is 0 Å². The van der Waals surface area contributed by atoms with Gasteiger partial charge in [0.1, 0.15) is 11.5 Å². The molecule has 0 saturated carbocycles. The van der Waals surface area contributed by atoms with Crippen LogP contribution in [0.2, 0.25) is 0 Å². The Labute approximate surface area is 130 Å². The molecule has 2 aromatic carbocycles. The molecule has 0 atom stereocenters. The van der Waals surface area contributed by atoms with E-state index in [4.69, 9.17) is 9.47 Å². The molecule has 0 bridgehead atoms. The van der Waals surface area contributed by atoms with Crippen molar-refractivity contribution in [2.75, 3.05) is 7.11 Å². The van der Waals surface area contributed by atoms with Crippen molar-refractivity contribution in [1.82, 2.24) is 0 Å². The summed E-state index contributed by atoms with van der Waals surface area (Å²) in [6.07, 6.45) is 0. The third kappa shape index (κ3) is 4.03. The Balaban J connectivity index is 2.23. The standard InChI is InChI=1S/C15H14BrNO4/c1-20-10-11-3-2-4-13(7-11)21-14-5-6-15(17(18)19)12(8-14)9-16/h2-8H,9-10H2,1H3. The van der Waals surface area contributed by atoms with E-state index in [2.05, 4.69) is 15.9 Å². The fourth-order valence-electron chi connectivity index (χ4n) is 1.91. The van der Waals surface area contributed by atoms with Crippen LogP contribution in [0.25, 0.3) is 0 Å². The molecule has 5 nitrogen and oxygen atoms in total. The van der Waals surface area contributed by atoms with Crippen molar-refractivity contribution in [2.24, 2.45) is 0 Å². The van der Waals surface area contributed by atoms with Gasteiger partial charge < -0.3 is 9.47 Å². The van der Waals surface area contributed by atoms with Crippen LogP contribution in [0.4, 0.5) is 5.69 Å². The van der Waals surface area contributed by atoms with Gasteiger partial charge in [-0.2, -0.15) is 0 Å². The number of nitro groups is 1. The SMILES string of the molecule is COCc1cccc(Oc2ccc([N+](=O)[O-])c(CBr)c2)c1. The van der Waals surface area contributed by atoms with E-state index in [0.717, 1.165) is 5.56 Å². The molecule has 0 unspecified atom stereocenters. The molecule has 2 rings (SSSR count). The Morgan fingerprint density at radius 2 is 1.95 bits per heavy atom. The van der Waals surface area contributed by atoms with E-state index in [1.807, 2.05) is 24.3 Å². The molecular formula is C15H14BrNO4. The predicted octanol–water partition coefficient (Wildman–Crippen LogP) is 4.43. The summed E-state index contributed by atoms with van der Waals surface area (Å²) in [5.41, 5.74) is 1.65. The van der Waals surface area contributed by atoms with Crippen LogP contribution in [-0.4, -0.2) is 12.0 Å². The molecule has 0 aromatic heterocycles. The van der Waals surface area contributed by atoms with Crippen LogP contribution in [0.3, 0.4) is 0 Å². The smallest absolute Gasteiger partial charge is 0.273 e. The molecular weight excluding hydrogens is 338 g/mol. The summed E-state index contributed by atoms with van der Waals surface area (Å²) in [7, 11) is 1.63. The zero-order chi connectivity index (χ0) is 15.2. The number of hydrogen-bond acceptors (Lipinski definition) is 4. The molecule has 110 valence electrons. The molecule has 0 fully saturated rings. The van der Waals surface area contributed by atoms with Gasteiger partial charge in [-0.25, -0.2) is 0 Å². The van der Waals surface area contributed by atoms with E-state index in [9.17, 15) is 10.1 Å². The van der Waals surface area contributed by atoms with Crippen LogP contribution in [0.1, 0.15) is 11.1 Å². The Kier molecular flexibility index (Phi) is 5.30. The van der Waals surface area contributed by atoms with Gasteiger partial charge in [0.15, 0.2) is 0 Å². The monoisotopic (exact) mass is 351 g/mol. The van der Waals surface area contributed by atoms with Crippen molar-refractivity contribution in [2.45, 2.75) is 11.9 Å². The van der Waals surface area contributed by atoms with E-state index in [-0.39, 0.29) is 5.69 Å². The van der Waals surface area contributed by atoms with Gasteiger partial charge in [-0.1, -0.05) is 28.1 Å². The molecule has 2 aromatic rings. The highest BCUT2D eigenvalue weighted by molar-refractivity contribution is 9.08. The number of alkyl halides is 1. The predicted molar refractivity (Wildman–Crippen MR) is 83.0 cm³/mol. The summed E-state index contributed by atoms with van der Waals surface area (Å²) < 4.78 is 10.8. The molecule has 0 saturated heterocycles. The Hall–Kier alpha value is -1.92. The number of methoxy groups -OCH3 is 1. The highest BCUT2D eigenvalue weighted by Gasteiger charge is 2.13. The fourth-order valence-corrected chi connectivity index (χ4v) is 2.36. The average molecular weight is 352 g/mol. The molecule has 0 radical (unpaired) electrons. The van der Waals surface area contributed by atoms with Crippen LogP contribution < -0.4 is 4.74 Å². The van der Waals surface area contributed by atoms with Gasteiger partial charge in [-0.05, 0) is 29.8 Å². The lowest BCUT2D eigenvalue weighted by Gasteiger charge is -2.08. The second-order valence-corrected chi connectivity index (χ2v) is 4.92. The number of halogens is 1. The van der Waals surface area contributed by atoms with Crippen molar-refractivity contribution >= 4 is 21.6 Å². The molecule has 0 N–H and O–H groups in total. The molecule has 6 heteroatoms. The summed E-state index contributed by atoms with van der Waals surface area (Å²) >= 11 is 3.25. The number of benzene rings is 2. The second-order valence-electron chi connectivity index (χ2n) is 4.36. The van der Waals surface area contributed by atoms with Crippen LogP contribution in [-0.2, 0) is 16.7 Å². The van der Waals surface area contributed by atoms with Crippen LogP contribution >= 0.6 is 15.9 Å². The molecule has 0 aliphatic carbocycles. The van der Waals surface area contributed by atoms with Gasteiger partial charge >= 0.3 is 0 Å². The maximum Gasteiger partial charge on any atom is 0.273 e. The van der Waals surface area contributed by atoms with Gasteiger partial charge in [0.05, 0.1) is 11.5 Å². The Morgan fingerprint density at radius 3 is 2.62 bits per heavy atom. The largest absolute Gasteiger partial charge is 0.457 e. The first-order valence-corrected chi connectivity index (χ1v) is 7.35. The highest BCUT2D eigenvalue weighted by atomic mass is 79.9. The van der Waals surface area contributed by atoms with E-state index < -0.39 is 4.92 Å². The summed E-state index contributed by atoms with van der Waals surface area (Å²) in [6, 6.07) is 12.2. The lowest BCUT2D eigenvalue weighted by atomic mass is 10.2. The molecule has 0 amide bonds. The number of nitrogens with zero attached hydrogens (tertiary/aromatic N) is 1. The van der Waals surface area contributed by atoms with Crippen molar-refractivity contribution in [3.63, 3.8) is 0 Å². The Morgan fingerprint density at radius 1 is 1.19 bits per heavy atom. The van der Waals surface area contributed by atoms with Crippen molar-refractivity contribution in [3.8, 4) is 11.5 Å². The maximum atomic E-state index is 10.9. The maximum absolute atomic E-state index is 10.9. The van der Waals surface area contributed by atoms with Crippen LogP contribution in [0.5, 0.6) is 11.5 Å². The van der Waals surface area contributed by atoms with Crippen molar-refractivity contribution in [1.29, 1.82) is 0 Å². The van der Waals surface area contributed by atoms with Crippen molar-refractivity contribution < 1.29 is 14.4 Å².